The van der Waals surface area contributed by atoms with Crippen molar-refractivity contribution in [2.75, 3.05) is 13.1 Å². The lowest BCUT2D eigenvalue weighted by Crippen LogP contribution is -2.15. The van der Waals surface area contributed by atoms with Crippen molar-refractivity contribution in [3.05, 3.63) is 11.6 Å². The Bertz CT molecular complexity index is 157. The molecule has 0 aromatic rings. The minimum atomic E-state index is 1.04. The molecule has 0 spiro atoms. The quantitative estimate of drug-likeness (QED) is 0.470. The summed E-state index contributed by atoms with van der Waals surface area (Å²) in [6, 6.07) is 0. The highest BCUT2D eigenvalue weighted by Crippen LogP contribution is 2.34. The third kappa shape index (κ3) is 5.87. The molecule has 1 aliphatic carbocycles. The van der Waals surface area contributed by atoms with E-state index in [0.29, 0.717) is 0 Å². The summed E-state index contributed by atoms with van der Waals surface area (Å²) in [5, 5.41) is 3.41. The lowest BCUT2D eigenvalue weighted by Gasteiger charge is -2.01. The second-order valence-corrected chi connectivity index (χ2v) is 4.24. The average molecular weight is 181 g/mol. The van der Waals surface area contributed by atoms with Gasteiger partial charge in [-0.15, -0.1) is 0 Å². The van der Waals surface area contributed by atoms with Gasteiger partial charge in [0.2, 0.25) is 0 Å². The zero-order valence-electron chi connectivity index (χ0n) is 9.10. The third-order valence-corrected chi connectivity index (χ3v) is 2.55. The van der Waals surface area contributed by atoms with Crippen molar-refractivity contribution in [1.29, 1.82) is 0 Å². The summed E-state index contributed by atoms with van der Waals surface area (Å²) in [7, 11) is 0. The van der Waals surface area contributed by atoms with Crippen LogP contribution >= 0.6 is 0 Å². The third-order valence-electron chi connectivity index (χ3n) is 2.55. The Labute approximate surface area is 82.6 Å². The van der Waals surface area contributed by atoms with E-state index in [1.165, 1.54) is 32.1 Å². The van der Waals surface area contributed by atoms with Crippen LogP contribution in [0.1, 0.15) is 46.0 Å². The smallest absolute Gasteiger partial charge is 0.00142 e. The first kappa shape index (κ1) is 10.8. The summed E-state index contributed by atoms with van der Waals surface area (Å²) in [6.07, 6.45) is 9.15. The summed E-state index contributed by atoms with van der Waals surface area (Å²) >= 11 is 0. The maximum Gasteiger partial charge on any atom is -0.00142 e. The minimum Gasteiger partial charge on any atom is -0.316 e. The van der Waals surface area contributed by atoms with E-state index in [4.69, 9.17) is 0 Å². The van der Waals surface area contributed by atoms with E-state index in [2.05, 4.69) is 25.2 Å². The molecule has 1 rings (SSSR count). The largest absolute Gasteiger partial charge is 0.316 e. The number of hydrogen-bond acceptors (Lipinski definition) is 1. The van der Waals surface area contributed by atoms with Gasteiger partial charge in [-0.3, -0.25) is 0 Å². The minimum absolute atomic E-state index is 1.04. The molecule has 0 bridgehead atoms. The van der Waals surface area contributed by atoms with E-state index in [9.17, 15) is 0 Å². The van der Waals surface area contributed by atoms with Crippen LogP contribution in [0.3, 0.4) is 0 Å². The molecule has 0 unspecified atom stereocenters. The molecule has 1 heteroatoms. The lowest BCUT2D eigenvalue weighted by molar-refractivity contribution is 0.675. The van der Waals surface area contributed by atoms with E-state index >= 15 is 0 Å². The van der Waals surface area contributed by atoms with Crippen LogP contribution in [0.2, 0.25) is 0 Å². The van der Waals surface area contributed by atoms with Gasteiger partial charge < -0.3 is 5.32 Å². The molecule has 0 radical (unpaired) electrons. The monoisotopic (exact) mass is 181 g/mol. The molecule has 1 nitrogen and oxygen atoms in total. The zero-order valence-corrected chi connectivity index (χ0v) is 9.10. The highest BCUT2D eigenvalue weighted by molar-refractivity contribution is 5.01. The Morgan fingerprint density at radius 2 is 2.15 bits per heavy atom. The van der Waals surface area contributed by atoms with Crippen LogP contribution in [0.5, 0.6) is 0 Å². The molecular weight excluding hydrogens is 158 g/mol. The molecule has 1 N–H and O–H groups in total. The van der Waals surface area contributed by atoms with E-state index < -0.39 is 0 Å². The SMILES string of the molecule is CCCNCCC=C(C)CC1CC1. The van der Waals surface area contributed by atoms with E-state index in [1.54, 1.807) is 5.57 Å². The molecule has 0 aliphatic heterocycles. The summed E-state index contributed by atoms with van der Waals surface area (Å²) in [5.74, 6) is 1.04. The van der Waals surface area contributed by atoms with Gasteiger partial charge in [-0.2, -0.15) is 0 Å². The van der Waals surface area contributed by atoms with Crippen molar-refractivity contribution in [2.24, 2.45) is 5.92 Å². The predicted molar refractivity (Wildman–Crippen MR) is 58.9 cm³/mol. The Morgan fingerprint density at radius 1 is 1.38 bits per heavy atom. The second-order valence-electron chi connectivity index (χ2n) is 4.24. The number of nitrogens with one attached hydrogen (secondary N) is 1. The highest BCUT2D eigenvalue weighted by atomic mass is 14.8. The highest BCUT2D eigenvalue weighted by Gasteiger charge is 2.20. The fraction of sp³-hybridized carbons (Fsp3) is 0.833. The van der Waals surface area contributed by atoms with Crippen LogP contribution in [0, 0.1) is 5.92 Å². The maximum atomic E-state index is 3.41. The molecule has 0 amide bonds. The summed E-state index contributed by atoms with van der Waals surface area (Å²) in [6.45, 7) is 6.80. The van der Waals surface area contributed by atoms with Gasteiger partial charge in [0.05, 0.1) is 0 Å². The van der Waals surface area contributed by atoms with Crippen molar-refractivity contribution in [2.45, 2.75) is 46.0 Å². The average Bonchev–Trinajstić information content (AvgIpc) is 2.88. The normalized spacial score (nSPS) is 17.8. The summed E-state index contributed by atoms with van der Waals surface area (Å²) < 4.78 is 0. The van der Waals surface area contributed by atoms with Crippen molar-refractivity contribution in [3.63, 3.8) is 0 Å². The lowest BCUT2D eigenvalue weighted by atomic mass is 10.1. The van der Waals surface area contributed by atoms with Gasteiger partial charge >= 0.3 is 0 Å². The Balaban J connectivity index is 1.94. The van der Waals surface area contributed by atoms with Gasteiger partial charge in [-0.1, -0.05) is 18.6 Å². The van der Waals surface area contributed by atoms with Gasteiger partial charge in [0, 0.05) is 0 Å². The second kappa shape index (κ2) is 6.20. The van der Waals surface area contributed by atoms with Gasteiger partial charge in [0.1, 0.15) is 0 Å². The van der Waals surface area contributed by atoms with Crippen molar-refractivity contribution in [1.82, 2.24) is 5.32 Å². The van der Waals surface area contributed by atoms with Crippen molar-refractivity contribution in [3.8, 4) is 0 Å². The number of hydrogen-bond donors (Lipinski definition) is 1. The van der Waals surface area contributed by atoms with Crippen LogP contribution < -0.4 is 5.32 Å². The van der Waals surface area contributed by atoms with Crippen LogP contribution in [-0.4, -0.2) is 13.1 Å². The van der Waals surface area contributed by atoms with Crippen molar-refractivity contribution < 1.29 is 0 Å². The van der Waals surface area contributed by atoms with Gasteiger partial charge in [-0.25, -0.2) is 0 Å². The summed E-state index contributed by atoms with van der Waals surface area (Å²) in [5.41, 5.74) is 1.60. The van der Waals surface area contributed by atoms with Crippen LogP contribution in [0.25, 0.3) is 0 Å². The molecule has 0 aromatic heterocycles. The maximum absolute atomic E-state index is 3.41. The fourth-order valence-electron chi connectivity index (χ4n) is 1.58. The van der Waals surface area contributed by atoms with E-state index in [-0.39, 0.29) is 0 Å². The first-order valence-corrected chi connectivity index (χ1v) is 5.69. The number of allylic oxidation sites excluding steroid dienone is 1. The number of rotatable bonds is 7. The topological polar surface area (TPSA) is 12.0 Å². The molecule has 0 heterocycles. The molecule has 0 saturated heterocycles. The van der Waals surface area contributed by atoms with E-state index in [1.807, 2.05) is 0 Å². The van der Waals surface area contributed by atoms with Gasteiger partial charge in [0.25, 0.3) is 0 Å². The van der Waals surface area contributed by atoms with E-state index in [0.717, 1.165) is 19.0 Å². The standard InChI is InChI=1S/C12H23N/c1-3-8-13-9-4-5-11(2)10-12-6-7-12/h5,12-13H,3-4,6-10H2,1-2H3. The van der Waals surface area contributed by atoms with Crippen LogP contribution in [-0.2, 0) is 0 Å². The van der Waals surface area contributed by atoms with Crippen LogP contribution in [0.4, 0.5) is 0 Å². The molecular formula is C12H23N. The first-order valence-electron chi connectivity index (χ1n) is 5.69. The van der Waals surface area contributed by atoms with Crippen LogP contribution in [0.15, 0.2) is 11.6 Å². The fourth-order valence-corrected chi connectivity index (χ4v) is 1.58. The first-order chi connectivity index (χ1) is 6.33. The molecule has 1 aliphatic rings. The van der Waals surface area contributed by atoms with Gasteiger partial charge in [-0.05, 0) is 58.0 Å². The molecule has 1 saturated carbocycles. The molecule has 76 valence electrons. The van der Waals surface area contributed by atoms with Gasteiger partial charge in [0.15, 0.2) is 0 Å². The Kier molecular flexibility index (Phi) is 5.14. The zero-order chi connectivity index (χ0) is 9.52. The Morgan fingerprint density at radius 3 is 2.77 bits per heavy atom. The predicted octanol–water partition coefficient (Wildman–Crippen LogP) is 3.12. The summed E-state index contributed by atoms with van der Waals surface area (Å²) in [4.78, 5) is 0. The molecule has 0 atom stereocenters. The molecule has 1 fully saturated rings. The molecule has 0 aromatic carbocycles. The Hall–Kier alpha value is -0.300. The van der Waals surface area contributed by atoms with Crippen molar-refractivity contribution >= 4 is 0 Å². The molecule has 13 heavy (non-hydrogen) atoms.